The van der Waals surface area contributed by atoms with Gasteiger partial charge in [-0.1, -0.05) is 24.3 Å². The van der Waals surface area contributed by atoms with E-state index in [1.54, 1.807) is 0 Å². The molecule has 184 valence electrons. The Labute approximate surface area is 312 Å². The van der Waals surface area contributed by atoms with E-state index in [1.165, 1.54) is 38.5 Å². The monoisotopic (exact) mass is 1270 g/mol. The zero-order chi connectivity index (χ0) is 27.0. The summed E-state index contributed by atoms with van der Waals surface area (Å²) in [5, 5.41) is 18.9. The zero-order valence-electron chi connectivity index (χ0n) is 18.9. The van der Waals surface area contributed by atoms with Crippen molar-refractivity contribution in [3.8, 4) is 34.4 Å². The molecule has 4 aromatic rings. The van der Waals surface area contributed by atoms with Crippen molar-refractivity contribution in [3.63, 3.8) is 0 Å². The van der Waals surface area contributed by atoms with Gasteiger partial charge in [0.1, 0.15) is 12.1 Å². The topological polar surface area (TPSA) is 47.6 Å². The van der Waals surface area contributed by atoms with Gasteiger partial charge in [0.25, 0.3) is 0 Å². The number of halogens is 7. The Balaban J connectivity index is 1.70. The van der Waals surface area contributed by atoms with Crippen LogP contribution >= 0.6 is 158 Å². The highest BCUT2D eigenvalue weighted by Gasteiger charge is 2.17. The van der Waals surface area contributed by atoms with Crippen molar-refractivity contribution in [1.29, 1.82) is 10.5 Å². The van der Waals surface area contributed by atoms with Crippen LogP contribution in [0.2, 0.25) is 0 Å². The Kier molecular flexibility index (Phi) is 11.1. The number of nitriles is 2. The molecular formula is C28H13I7N2. The predicted octanol–water partition coefficient (Wildman–Crippen LogP) is 10.9. The lowest BCUT2D eigenvalue weighted by Gasteiger charge is -2.16. The number of nitrogens with zero attached hydrogens (tertiary/aromatic N) is 2. The number of hydrogen-bond donors (Lipinski definition) is 0. The lowest BCUT2D eigenvalue weighted by atomic mass is 9.95. The van der Waals surface area contributed by atoms with Gasteiger partial charge < -0.3 is 0 Å². The number of rotatable bonds is 4. The first-order chi connectivity index (χ1) is 17.6. The van der Waals surface area contributed by atoms with Gasteiger partial charge in [-0.25, -0.2) is 0 Å². The molecule has 0 amide bonds. The van der Waals surface area contributed by atoms with E-state index >= 15 is 0 Å². The minimum Gasteiger partial charge on any atom is -0.192 e. The molecule has 0 fully saturated rings. The molecule has 0 aliphatic carbocycles. The first kappa shape index (κ1) is 30.9. The highest BCUT2D eigenvalue weighted by molar-refractivity contribution is 14.1. The van der Waals surface area contributed by atoms with Crippen molar-refractivity contribution in [2.45, 2.75) is 13.3 Å². The van der Waals surface area contributed by atoms with Crippen molar-refractivity contribution in [1.82, 2.24) is 0 Å². The fourth-order valence-corrected chi connectivity index (χ4v) is 10.2. The molecule has 9 heteroatoms. The summed E-state index contributed by atoms with van der Waals surface area (Å²) < 4.78 is 7.70. The van der Waals surface area contributed by atoms with E-state index in [0.717, 1.165) is 43.0 Å². The zero-order valence-corrected chi connectivity index (χ0v) is 34.0. The Morgan fingerprint density at radius 3 is 1.43 bits per heavy atom. The van der Waals surface area contributed by atoms with E-state index in [0.29, 0.717) is 0 Å². The third-order valence-corrected chi connectivity index (χ3v) is 14.2. The normalized spacial score (nSPS) is 10.8. The summed E-state index contributed by atoms with van der Waals surface area (Å²) in [6.45, 7) is 2.19. The molecule has 0 unspecified atom stereocenters. The van der Waals surface area contributed by atoms with Crippen molar-refractivity contribution in [3.05, 3.63) is 101 Å². The molecule has 0 radical (unpaired) electrons. The number of hydrogen-bond acceptors (Lipinski definition) is 2. The third-order valence-electron chi connectivity index (χ3n) is 5.94. The molecule has 4 rings (SSSR count). The van der Waals surface area contributed by atoms with E-state index < -0.39 is 0 Å². The second-order valence-corrected chi connectivity index (χ2v) is 16.0. The van der Waals surface area contributed by atoms with Crippen LogP contribution in [0.4, 0.5) is 0 Å². The minimum absolute atomic E-state index is 0.741. The van der Waals surface area contributed by atoms with Gasteiger partial charge in [-0.3, -0.25) is 0 Å². The average Bonchev–Trinajstić information content (AvgIpc) is 2.84. The van der Waals surface area contributed by atoms with Gasteiger partial charge in [0.2, 0.25) is 0 Å². The lowest BCUT2D eigenvalue weighted by molar-refractivity contribution is 1.14. The van der Waals surface area contributed by atoms with E-state index in [4.69, 9.17) is 0 Å². The molecule has 0 N–H and O–H groups in total. The van der Waals surface area contributed by atoms with Crippen LogP contribution in [0.5, 0.6) is 0 Å². The first-order valence-electron chi connectivity index (χ1n) is 10.6. The van der Waals surface area contributed by atoms with Crippen molar-refractivity contribution in [2.24, 2.45) is 0 Å². The molecule has 0 saturated heterocycles. The van der Waals surface area contributed by atoms with Crippen LogP contribution in [-0.2, 0) is 6.42 Å². The summed E-state index contributed by atoms with van der Waals surface area (Å²) >= 11 is 16.4. The Bertz CT molecular complexity index is 1490. The molecule has 0 aromatic heterocycles. The van der Waals surface area contributed by atoms with Crippen LogP contribution in [0.15, 0.2) is 48.5 Å². The summed E-state index contributed by atoms with van der Waals surface area (Å²) in [7, 11) is 0. The molecule has 0 atom stereocenters. The van der Waals surface area contributed by atoms with Gasteiger partial charge in [-0.2, -0.15) is 10.5 Å². The third kappa shape index (κ3) is 6.57. The highest BCUT2D eigenvalue weighted by atomic mass is 127. The van der Waals surface area contributed by atoms with Gasteiger partial charge in [0.05, 0.1) is 11.1 Å². The van der Waals surface area contributed by atoms with Crippen molar-refractivity contribution < 1.29 is 0 Å². The molecular weight excluding hydrogens is 1250 g/mol. The Morgan fingerprint density at radius 1 is 0.568 bits per heavy atom. The largest absolute Gasteiger partial charge is 0.192 e. The van der Waals surface area contributed by atoms with Gasteiger partial charge in [-0.15, -0.1) is 0 Å². The second kappa shape index (κ2) is 13.3. The van der Waals surface area contributed by atoms with Gasteiger partial charge in [0, 0.05) is 25.0 Å². The fraction of sp³-hybridized carbons (Fsp3) is 0.0714. The van der Waals surface area contributed by atoms with Crippen LogP contribution in [0, 0.1) is 54.6 Å². The highest BCUT2D eigenvalue weighted by Crippen LogP contribution is 2.37. The van der Waals surface area contributed by atoms with Crippen molar-refractivity contribution >= 4 is 158 Å². The van der Waals surface area contributed by atoms with E-state index in [1.807, 2.05) is 0 Å². The van der Waals surface area contributed by atoms with E-state index in [9.17, 15) is 10.5 Å². The second-order valence-electron chi connectivity index (χ2n) is 8.14. The Morgan fingerprint density at radius 2 is 0.973 bits per heavy atom. The van der Waals surface area contributed by atoms with Gasteiger partial charge in [-0.05, 0) is 235 Å². The Hall–Kier alpha value is 0.970. The molecule has 37 heavy (non-hydrogen) atoms. The predicted molar refractivity (Wildman–Crippen MR) is 210 cm³/mol. The van der Waals surface area contributed by atoms with Crippen LogP contribution in [-0.4, -0.2) is 0 Å². The van der Waals surface area contributed by atoms with Crippen LogP contribution in [0.1, 0.15) is 27.8 Å². The van der Waals surface area contributed by atoms with Crippen molar-refractivity contribution in [2.75, 3.05) is 0 Å². The molecule has 0 saturated carbocycles. The molecule has 0 heterocycles. The molecule has 0 aliphatic rings. The van der Waals surface area contributed by atoms with E-state index in [-0.39, 0.29) is 0 Å². The smallest absolute Gasteiger partial charge is 0.101 e. The fourth-order valence-electron chi connectivity index (χ4n) is 4.02. The standard InChI is InChI=1S/C28H13I7N2/c1-13-18(16-7-22(29)20(11-36)23(30)8-16)4-2-14(26(13)33)6-15-3-5-19(28(35)27(15)34)17-9-24(31)21(12-37)25(32)10-17/h2-5,7-10H,6H2,1H3. The molecule has 0 aliphatic heterocycles. The number of benzene rings is 4. The summed E-state index contributed by atoms with van der Waals surface area (Å²) in [5.41, 5.74) is 10.1. The van der Waals surface area contributed by atoms with Gasteiger partial charge >= 0.3 is 0 Å². The maximum Gasteiger partial charge on any atom is 0.101 e. The SMILES string of the molecule is Cc1c(-c2cc(I)c(C#N)c(I)c2)ccc(Cc2ccc(-c3cc(I)c(C#N)c(I)c3)c(I)c2I)c1I. The van der Waals surface area contributed by atoms with E-state index in [2.05, 4.69) is 226 Å². The molecule has 0 bridgehead atoms. The van der Waals surface area contributed by atoms with Crippen LogP contribution in [0.3, 0.4) is 0 Å². The lowest BCUT2D eigenvalue weighted by Crippen LogP contribution is -2.01. The summed E-state index contributed by atoms with van der Waals surface area (Å²) in [6.07, 6.45) is 0.860. The summed E-state index contributed by atoms with van der Waals surface area (Å²) in [6, 6.07) is 21.9. The molecule has 4 aromatic carbocycles. The van der Waals surface area contributed by atoms with Crippen LogP contribution in [0.25, 0.3) is 22.3 Å². The van der Waals surface area contributed by atoms with Crippen LogP contribution < -0.4 is 0 Å². The quantitative estimate of drug-likeness (QED) is 0.191. The minimum atomic E-state index is 0.741. The maximum absolute atomic E-state index is 9.43. The molecule has 2 nitrogen and oxygen atoms in total. The first-order valence-corrected chi connectivity index (χ1v) is 18.2. The summed E-state index contributed by atoms with van der Waals surface area (Å²) in [4.78, 5) is 0. The average molecular weight is 1270 g/mol. The van der Waals surface area contributed by atoms with Gasteiger partial charge in [0.15, 0.2) is 0 Å². The summed E-state index contributed by atoms with van der Waals surface area (Å²) in [5.74, 6) is 0. The molecule has 0 spiro atoms. The maximum atomic E-state index is 9.43.